The Hall–Kier alpha value is -2.77. The first-order valence-corrected chi connectivity index (χ1v) is 8.10. The molecule has 1 aromatic carbocycles. The van der Waals surface area contributed by atoms with Gasteiger partial charge in [-0.05, 0) is 31.9 Å². The highest BCUT2D eigenvalue weighted by Crippen LogP contribution is 2.29. The molecule has 1 aliphatic carbocycles. The monoisotopic (exact) mass is 364 g/mol. The lowest BCUT2D eigenvalue weighted by atomic mass is 9.94. The topological polar surface area (TPSA) is 77.0 Å². The van der Waals surface area contributed by atoms with Gasteiger partial charge >= 0.3 is 5.97 Å². The van der Waals surface area contributed by atoms with Gasteiger partial charge in [-0.3, -0.25) is 4.79 Å². The number of carbonyl (C=O) groups is 2. The molecule has 8 heteroatoms. The molecule has 26 heavy (non-hydrogen) atoms. The molecular formula is C18H18F2N2O4. The minimum absolute atomic E-state index is 0.0751. The van der Waals surface area contributed by atoms with Crippen molar-refractivity contribution in [2.24, 2.45) is 5.16 Å². The van der Waals surface area contributed by atoms with Gasteiger partial charge in [0.05, 0.1) is 12.8 Å². The fraction of sp³-hybridized carbons (Fsp3) is 0.389. The number of hydrogen-bond acceptors (Lipinski definition) is 5. The van der Waals surface area contributed by atoms with Gasteiger partial charge in [0, 0.05) is 29.7 Å². The van der Waals surface area contributed by atoms with Crippen molar-refractivity contribution in [3.05, 3.63) is 47.0 Å². The average Bonchev–Trinajstić information content (AvgIpc) is 3.21. The van der Waals surface area contributed by atoms with E-state index in [4.69, 9.17) is 4.84 Å². The van der Waals surface area contributed by atoms with Crippen LogP contribution in [0.5, 0.6) is 0 Å². The molecule has 1 aromatic rings. The highest BCUT2D eigenvalue weighted by Gasteiger charge is 2.43. The quantitative estimate of drug-likeness (QED) is 0.831. The third-order valence-electron chi connectivity index (χ3n) is 4.44. The number of nitrogens with zero attached hydrogens (tertiary/aromatic N) is 1. The molecule has 3 rings (SSSR count). The van der Waals surface area contributed by atoms with E-state index < -0.39 is 29.1 Å². The van der Waals surface area contributed by atoms with Crippen LogP contribution in [0.25, 0.3) is 0 Å². The summed E-state index contributed by atoms with van der Waals surface area (Å²) in [4.78, 5) is 29.4. The number of amides is 1. The normalized spacial score (nSPS) is 24.5. The molecule has 0 saturated carbocycles. The molecule has 1 aliphatic heterocycles. The SMILES string of the molecule is COC(=O)C1=CC[C@H](NC(=O)C2(C)CC(c3cc(F)cc(F)c3)=NO2)C1. The van der Waals surface area contributed by atoms with E-state index in [9.17, 15) is 18.4 Å². The van der Waals surface area contributed by atoms with E-state index in [2.05, 4.69) is 15.2 Å². The number of rotatable bonds is 4. The van der Waals surface area contributed by atoms with Gasteiger partial charge in [0.2, 0.25) is 5.60 Å². The van der Waals surface area contributed by atoms with Crippen LogP contribution in [0.3, 0.4) is 0 Å². The predicted molar refractivity (Wildman–Crippen MR) is 88.3 cm³/mol. The fourth-order valence-electron chi connectivity index (χ4n) is 3.00. The Kier molecular flexibility index (Phi) is 4.76. The molecule has 0 bridgehead atoms. The van der Waals surface area contributed by atoms with E-state index in [0.29, 0.717) is 24.1 Å². The van der Waals surface area contributed by atoms with Crippen molar-refractivity contribution in [2.75, 3.05) is 7.11 Å². The van der Waals surface area contributed by atoms with Crippen molar-refractivity contribution >= 4 is 17.6 Å². The Morgan fingerprint density at radius 1 is 1.31 bits per heavy atom. The van der Waals surface area contributed by atoms with Crippen molar-refractivity contribution < 1.29 is 27.9 Å². The summed E-state index contributed by atoms with van der Waals surface area (Å²) in [5, 5.41) is 6.65. The minimum Gasteiger partial charge on any atom is -0.466 e. The molecule has 2 aliphatic rings. The zero-order valence-electron chi connectivity index (χ0n) is 14.3. The van der Waals surface area contributed by atoms with E-state index >= 15 is 0 Å². The molecule has 0 fully saturated rings. The van der Waals surface area contributed by atoms with Crippen LogP contribution in [-0.2, 0) is 19.2 Å². The molecule has 1 amide bonds. The van der Waals surface area contributed by atoms with E-state index in [1.54, 1.807) is 13.0 Å². The number of benzene rings is 1. The number of hydrogen-bond donors (Lipinski definition) is 1. The van der Waals surface area contributed by atoms with Gasteiger partial charge in [0.25, 0.3) is 5.91 Å². The van der Waals surface area contributed by atoms with Crippen LogP contribution >= 0.6 is 0 Å². The molecule has 1 heterocycles. The molecule has 0 radical (unpaired) electrons. The van der Waals surface area contributed by atoms with Crippen molar-refractivity contribution in [1.29, 1.82) is 0 Å². The Morgan fingerprint density at radius 2 is 2.00 bits per heavy atom. The van der Waals surface area contributed by atoms with Crippen LogP contribution in [0.4, 0.5) is 8.78 Å². The Bertz CT molecular complexity index is 801. The number of nitrogens with one attached hydrogen (secondary N) is 1. The van der Waals surface area contributed by atoms with Crippen LogP contribution in [0.1, 0.15) is 31.7 Å². The average molecular weight is 364 g/mol. The second kappa shape index (κ2) is 6.86. The van der Waals surface area contributed by atoms with Gasteiger partial charge < -0.3 is 14.9 Å². The van der Waals surface area contributed by atoms with Crippen LogP contribution in [-0.4, -0.2) is 36.3 Å². The van der Waals surface area contributed by atoms with Crippen molar-refractivity contribution in [3.8, 4) is 0 Å². The van der Waals surface area contributed by atoms with E-state index in [-0.39, 0.29) is 18.0 Å². The lowest BCUT2D eigenvalue weighted by molar-refractivity contribution is -0.142. The molecule has 1 unspecified atom stereocenters. The highest BCUT2D eigenvalue weighted by molar-refractivity contribution is 6.05. The second-order valence-corrected chi connectivity index (χ2v) is 6.53. The largest absolute Gasteiger partial charge is 0.466 e. The molecule has 0 saturated heterocycles. The molecule has 2 atom stereocenters. The van der Waals surface area contributed by atoms with E-state index in [0.717, 1.165) is 18.2 Å². The molecule has 138 valence electrons. The number of esters is 1. The third kappa shape index (κ3) is 3.58. The number of halogens is 2. The number of oxime groups is 1. The smallest absolute Gasteiger partial charge is 0.333 e. The summed E-state index contributed by atoms with van der Waals surface area (Å²) in [7, 11) is 1.30. The zero-order chi connectivity index (χ0) is 18.9. The lowest BCUT2D eigenvalue weighted by Gasteiger charge is -2.23. The van der Waals surface area contributed by atoms with Crippen LogP contribution in [0.15, 0.2) is 35.0 Å². The second-order valence-electron chi connectivity index (χ2n) is 6.53. The molecule has 0 spiro atoms. The third-order valence-corrected chi connectivity index (χ3v) is 4.44. The Labute approximate surface area is 148 Å². The van der Waals surface area contributed by atoms with Gasteiger partial charge in [0.1, 0.15) is 11.6 Å². The zero-order valence-corrected chi connectivity index (χ0v) is 14.3. The van der Waals surface area contributed by atoms with Crippen molar-refractivity contribution in [1.82, 2.24) is 5.32 Å². The number of methoxy groups -OCH3 is 1. The summed E-state index contributed by atoms with van der Waals surface area (Å²) >= 11 is 0. The standard InChI is InChI=1S/C18H18F2N2O4/c1-18(17(24)21-14-4-3-10(7-14)16(23)25-2)9-15(22-26-18)11-5-12(19)8-13(20)6-11/h3,5-6,8,14H,4,7,9H2,1-2H3,(H,21,24)/t14-,18?/m0/s1. The maximum atomic E-state index is 13.4. The summed E-state index contributed by atoms with van der Waals surface area (Å²) in [6.45, 7) is 1.55. The van der Waals surface area contributed by atoms with Crippen molar-refractivity contribution in [3.63, 3.8) is 0 Å². The molecule has 0 aromatic heterocycles. The van der Waals surface area contributed by atoms with Gasteiger partial charge in [0.15, 0.2) is 0 Å². The Morgan fingerprint density at radius 3 is 2.65 bits per heavy atom. The first kappa shape index (κ1) is 18.0. The van der Waals surface area contributed by atoms with Crippen LogP contribution in [0, 0.1) is 11.6 Å². The summed E-state index contributed by atoms with van der Waals surface area (Å²) in [6, 6.07) is 2.79. The summed E-state index contributed by atoms with van der Waals surface area (Å²) in [5.41, 5.74) is -0.246. The maximum absolute atomic E-state index is 13.4. The van der Waals surface area contributed by atoms with Gasteiger partial charge in [-0.1, -0.05) is 11.2 Å². The van der Waals surface area contributed by atoms with Crippen molar-refractivity contribution in [2.45, 2.75) is 37.8 Å². The lowest BCUT2D eigenvalue weighted by Crippen LogP contribution is -2.48. The van der Waals surface area contributed by atoms with E-state index in [1.807, 2.05) is 0 Å². The number of carbonyl (C=O) groups excluding carboxylic acids is 2. The van der Waals surface area contributed by atoms with Crippen LogP contribution < -0.4 is 5.32 Å². The van der Waals surface area contributed by atoms with Crippen LogP contribution in [0.2, 0.25) is 0 Å². The fourth-order valence-corrected chi connectivity index (χ4v) is 3.00. The molecular weight excluding hydrogens is 346 g/mol. The predicted octanol–water partition coefficient (Wildman–Crippen LogP) is 2.23. The van der Waals surface area contributed by atoms with E-state index in [1.165, 1.54) is 7.11 Å². The first-order valence-electron chi connectivity index (χ1n) is 8.10. The summed E-state index contributed by atoms with van der Waals surface area (Å²) < 4.78 is 31.4. The first-order chi connectivity index (χ1) is 12.3. The summed E-state index contributed by atoms with van der Waals surface area (Å²) in [6.07, 6.45) is 2.68. The Balaban J connectivity index is 1.62. The molecule has 1 N–H and O–H groups in total. The van der Waals surface area contributed by atoms with Gasteiger partial charge in [-0.2, -0.15) is 0 Å². The van der Waals surface area contributed by atoms with Gasteiger partial charge in [-0.15, -0.1) is 0 Å². The molecule has 6 nitrogen and oxygen atoms in total. The highest BCUT2D eigenvalue weighted by atomic mass is 19.1. The summed E-state index contributed by atoms with van der Waals surface area (Å²) in [5.74, 6) is -2.28. The minimum atomic E-state index is -1.29. The number of ether oxygens (including phenoxy) is 1. The van der Waals surface area contributed by atoms with Gasteiger partial charge in [-0.25, -0.2) is 13.6 Å². The maximum Gasteiger partial charge on any atom is 0.333 e.